The van der Waals surface area contributed by atoms with Crippen molar-refractivity contribution in [2.75, 3.05) is 0 Å². The van der Waals surface area contributed by atoms with Gasteiger partial charge in [-0.3, -0.25) is 9.78 Å². The Kier molecular flexibility index (Phi) is 2.11. The summed E-state index contributed by atoms with van der Waals surface area (Å²) in [5.74, 6) is -0.447. The van der Waals surface area contributed by atoms with E-state index in [0.29, 0.717) is 11.1 Å². The standard InChI is InChI=1S/C13H11FN2O/c1-2-7-6-15-11-8-4-3-5-9(8)13(17)16-12(11)10(7)14/h2,6H,1,3-5H2,(H,16,17). The van der Waals surface area contributed by atoms with E-state index in [-0.39, 0.29) is 11.1 Å². The minimum atomic E-state index is -0.447. The van der Waals surface area contributed by atoms with E-state index in [0.717, 1.165) is 30.4 Å². The molecule has 0 saturated heterocycles. The second-order valence-electron chi connectivity index (χ2n) is 4.22. The number of hydrogen-bond acceptors (Lipinski definition) is 2. The van der Waals surface area contributed by atoms with Gasteiger partial charge in [-0.25, -0.2) is 4.39 Å². The Hall–Kier alpha value is -1.97. The van der Waals surface area contributed by atoms with Crippen molar-refractivity contribution in [1.29, 1.82) is 0 Å². The Labute approximate surface area is 97.0 Å². The molecule has 2 aromatic rings. The maximum atomic E-state index is 14.0. The summed E-state index contributed by atoms with van der Waals surface area (Å²) in [7, 11) is 0. The van der Waals surface area contributed by atoms with Crippen molar-refractivity contribution in [2.24, 2.45) is 0 Å². The lowest BCUT2D eigenvalue weighted by Crippen LogP contribution is -2.14. The fraction of sp³-hybridized carbons (Fsp3) is 0.231. The van der Waals surface area contributed by atoms with Gasteiger partial charge in [0.1, 0.15) is 5.52 Å². The smallest absolute Gasteiger partial charge is 0.252 e. The molecule has 0 unspecified atom stereocenters. The molecule has 0 saturated carbocycles. The second kappa shape index (κ2) is 3.52. The number of rotatable bonds is 1. The molecule has 3 rings (SSSR count). The van der Waals surface area contributed by atoms with Gasteiger partial charge in [0.25, 0.3) is 5.56 Å². The summed E-state index contributed by atoms with van der Waals surface area (Å²) in [6, 6.07) is 0. The molecule has 0 amide bonds. The first-order valence-electron chi connectivity index (χ1n) is 5.57. The first-order valence-corrected chi connectivity index (χ1v) is 5.57. The molecule has 4 heteroatoms. The van der Waals surface area contributed by atoms with Crippen LogP contribution in [0.25, 0.3) is 17.1 Å². The summed E-state index contributed by atoms with van der Waals surface area (Å²) in [5.41, 5.74) is 2.57. The number of fused-ring (bicyclic) bond motifs is 3. The van der Waals surface area contributed by atoms with Crippen molar-refractivity contribution in [2.45, 2.75) is 19.3 Å². The minimum absolute atomic E-state index is 0.188. The van der Waals surface area contributed by atoms with Gasteiger partial charge in [-0.1, -0.05) is 12.7 Å². The number of aryl methyl sites for hydroxylation is 1. The number of nitrogens with one attached hydrogen (secondary N) is 1. The highest BCUT2D eigenvalue weighted by Crippen LogP contribution is 2.26. The molecule has 0 radical (unpaired) electrons. The predicted molar refractivity (Wildman–Crippen MR) is 64.4 cm³/mol. The molecule has 2 heterocycles. The lowest BCUT2D eigenvalue weighted by atomic mass is 10.1. The first kappa shape index (κ1) is 10.2. The third-order valence-electron chi connectivity index (χ3n) is 3.28. The van der Waals surface area contributed by atoms with Crippen molar-refractivity contribution >= 4 is 17.1 Å². The summed E-state index contributed by atoms with van der Waals surface area (Å²) < 4.78 is 14.0. The number of aromatic nitrogens is 2. The number of H-pyrrole nitrogens is 1. The Morgan fingerprint density at radius 1 is 1.41 bits per heavy atom. The average molecular weight is 230 g/mol. The lowest BCUT2D eigenvalue weighted by molar-refractivity contribution is 0.632. The largest absolute Gasteiger partial charge is 0.318 e. The Bertz CT molecular complexity index is 688. The predicted octanol–water partition coefficient (Wildman–Crippen LogP) is 2.19. The monoisotopic (exact) mass is 230 g/mol. The van der Waals surface area contributed by atoms with Gasteiger partial charge >= 0.3 is 0 Å². The zero-order chi connectivity index (χ0) is 12.0. The summed E-state index contributed by atoms with van der Waals surface area (Å²) >= 11 is 0. The van der Waals surface area contributed by atoms with E-state index in [9.17, 15) is 9.18 Å². The molecule has 0 atom stereocenters. The van der Waals surface area contributed by atoms with E-state index < -0.39 is 5.82 Å². The van der Waals surface area contributed by atoms with Crippen LogP contribution in [-0.2, 0) is 12.8 Å². The molecule has 1 N–H and O–H groups in total. The molecule has 0 bridgehead atoms. The summed E-state index contributed by atoms with van der Waals surface area (Å²) in [5, 5.41) is 0. The van der Waals surface area contributed by atoms with Crippen LogP contribution in [0.3, 0.4) is 0 Å². The number of nitrogens with zero attached hydrogens (tertiary/aromatic N) is 1. The normalized spacial score (nSPS) is 13.9. The van der Waals surface area contributed by atoms with Crippen molar-refractivity contribution < 1.29 is 4.39 Å². The summed E-state index contributed by atoms with van der Waals surface area (Å²) in [6.07, 6.45) is 5.35. The van der Waals surface area contributed by atoms with Crippen LogP contribution in [0.2, 0.25) is 0 Å². The maximum Gasteiger partial charge on any atom is 0.252 e. The number of aromatic amines is 1. The van der Waals surface area contributed by atoms with Crippen LogP contribution in [-0.4, -0.2) is 9.97 Å². The van der Waals surface area contributed by atoms with Gasteiger partial charge in [0.05, 0.1) is 5.52 Å². The molecule has 0 aromatic carbocycles. The Morgan fingerprint density at radius 3 is 2.94 bits per heavy atom. The molecule has 2 aromatic heterocycles. The van der Waals surface area contributed by atoms with Crippen LogP contribution in [0.5, 0.6) is 0 Å². The highest BCUT2D eigenvalue weighted by Gasteiger charge is 2.20. The molecule has 3 nitrogen and oxygen atoms in total. The molecular formula is C13H11FN2O. The average Bonchev–Trinajstić information content (AvgIpc) is 2.81. The number of halogens is 1. The Morgan fingerprint density at radius 2 is 2.18 bits per heavy atom. The van der Waals surface area contributed by atoms with Gasteiger partial charge in [0, 0.05) is 17.3 Å². The van der Waals surface area contributed by atoms with Crippen molar-refractivity contribution in [3.8, 4) is 0 Å². The molecule has 17 heavy (non-hydrogen) atoms. The first-order chi connectivity index (χ1) is 8.22. The summed E-state index contributed by atoms with van der Waals surface area (Å²) in [6.45, 7) is 3.52. The topological polar surface area (TPSA) is 45.8 Å². The number of pyridine rings is 2. The van der Waals surface area contributed by atoms with E-state index >= 15 is 0 Å². The maximum absolute atomic E-state index is 14.0. The molecule has 1 aliphatic carbocycles. The SMILES string of the molecule is C=Cc1cnc2c3c(c(=O)[nH]c2c1F)CCC3. The fourth-order valence-corrected chi connectivity index (χ4v) is 2.43. The van der Waals surface area contributed by atoms with Crippen LogP contribution >= 0.6 is 0 Å². The van der Waals surface area contributed by atoms with Crippen LogP contribution in [0, 0.1) is 5.82 Å². The van der Waals surface area contributed by atoms with Gasteiger partial charge in [-0.2, -0.15) is 0 Å². The highest BCUT2D eigenvalue weighted by molar-refractivity contribution is 5.81. The van der Waals surface area contributed by atoms with Crippen LogP contribution in [0.15, 0.2) is 17.6 Å². The van der Waals surface area contributed by atoms with E-state index in [4.69, 9.17) is 0 Å². The van der Waals surface area contributed by atoms with E-state index in [2.05, 4.69) is 16.5 Å². The van der Waals surface area contributed by atoms with E-state index in [1.165, 1.54) is 12.3 Å². The molecule has 1 aliphatic rings. The van der Waals surface area contributed by atoms with Gasteiger partial charge in [0.15, 0.2) is 5.82 Å². The molecule has 86 valence electrons. The molecular weight excluding hydrogens is 219 g/mol. The summed E-state index contributed by atoms with van der Waals surface area (Å²) in [4.78, 5) is 18.6. The molecule has 0 aliphatic heterocycles. The van der Waals surface area contributed by atoms with Crippen LogP contribution in [0.4, 0.5) is 4.39 Å². The lowest BCUT2D eigenvalue weighted by Gasteiger charge is -2.06. The van der Waals surface area contributed by atoms with Gasteiger partial charge < -0.3 is 4.98 Å². The molecule has 0 fully saturated rings. The van der Waals surface area contributed by atoms with Crippen LogP contribution in [0.1, 0.15) is 23.1 Å². The van der Waals surface area contributed by atoms with E-state index in [1.54, 1.807) is 0 Å². The highest BCUT2D eigenvalue weighted by atomic mass is 19.1. The van der Waals surface area contributed by atoms with Gasteiger partial charge in [-0.15, -0.1) is 0 Å². The fourth-order valence-electron chi connectivity index (χ4n) is 2.43. The Balaban J connectivity index is 2.49. The third-order valence-corrected chi connectivity index (χ3v) is 3.28. The number of hydrogen-bond donors (Lipinski definition) is 1. The van der Waals surface area contributed by atoms with Gasteiger partial charge in [-0.05, 0) is 24.8 Å². The van der Waals surface area contributed by atoms with Crippen LogP contribution < -0.4 is 5.56 Å². The van der Waals surface area contributed by atoms with Crippen molar-refractivity contribution in [3.05, 3.63) is 45.6 Å². The second-order valence-corrected chi connectivity index (χ2v) is 4.22. The minimum Gasteiger partial charge on any atom is -0.318 e. The third kappa shape index (κ3) is 1.33. The van der Waals surface area contributed by atoms with Crippen molar-refractivity contribution in [3.63, 3.8) is 0 Å². The zero-order valence-electron chi connectivity index (χ0n) is 9.22. The van der Waals surface area contributed by atoms with Crippen molar-refractivity contribution in [1.82, 2.24) is 9.97 Å². The quantitative estimate of drug-likeness (QED) is 0.816. The molecule has 0 spiro atoms. The van der Waals surface area contributed by atoms with E-state index in [1.807, 2.05) is 0 Å². The zero-order valence-corrected chi connectivity index (χ0v) is 9.22. The van der Waals surface area contributed by atoms with Gasteiger partial charge in [0.2, 0.25) is 0 Å².